The molecular formula is C21H23N5O2S. The van der Waals surface area contributed by atoms with Gasteiger partial charge in [0.25, 0.3) is 0 Å². The van der Waals surface area contributed by atoms with Gasteiger partial charge in [0.1, 0.15) is 11.0 Å². The van der Waals surface area contributed by atoms with Crippen molar-refractivity contribution in [2.24, 2.45) is 0 Å². The fourth-order valence-corrected chi connectivity index (χ4v) is 4.58. The van der Waals surface area contributed by atoms with Crippen LogP contribution in [0.4, 0.5) is 5.69 Å². The molecule has 1 aliphatic carbocycles. The van der Waals surface area contributed by atoms with Crippen LogP contribution in [0.5, 0.6) is 5.75 Å². The number of amides is 1. The maximum absolute atomic E-state index is 13.2. The molecule has 0 bridgehead atoms. The molecule has 0 saturated heterocycles. The van der Waals surface area contributed by atoms with Crippen LogP contribution in [0.3, 0.4) is 0 Å². The van der Waals surface area contributed by atoms with Crippen molar-refractivity contribution in [2.75, 3.05) is 12.4 Å². The largest absolute Gasteiger partial charge is 0.497 e. The predicted molar refractivity (Wildman–Crippen MR) is 112 cm³/mol. The van der Waals surface area contributed by atoms with Crippen LogP contribution in [0.15, 0.2) is 59.8 Å². The summed E-state index contributed by atoms with van der Waals surface area (Å²) in [6, 6.07) is 17.3. The first kappa shape index (κ1) is 19.4. The van der Waals surface area contributed by atoms with Gasteiger partial charge >= 0.3 is 0 Å². The van der Waals surface area contributed by atoms with Crippen molar-refractivity contribution in [2.45, 2.75) is 42.1 Å². The second kappa shape index (κ2) is 9.09. The summed E-state index contributed by atoms with van der Waals surface area (Å²) >= 11 is 1.39. The number of nitrogens with zero attached hydrogens (tertiary/aromatic N) is 4. The lowest BCUT2D eigenvalue weighted by molar-refractivity contribution is -0.115. The summed E-state index contributed by atoms with van der Waals surface area (Å²) in [5, 5.41) is 15.5. The summed E-state index contributed by atoms with van der Waals surface area (Å²) in [5.41, 5.74) is 1.62. The third-order valence-corrected chi connectivity index (χ3v) is 6.26. The van der Waals surface area contributed by atoms with Crippen LogP contribution in [0.1, 0.15) is 42.5 Å². The van der Waals surface area contributed by atoms with Gasteiger partial charge in [-0.05, 0) is 53.1 Å². The maximum atomic E-state index is 13.2. The van der Waals surface area contributed by atoms with E-state index in [1.807, 2.05) is 59.3 Å². The lowest BCUT2D eigenvalue weighted by atomic mass is 10.1. The van der Waals surface area contributed by atoms with E-state index in [0.717, 1.165) is 24.2 Å². The van der Waals surface area contributed by atoms with E-state index >= 15 is 0 Å². The molecule has 29 heavy (non-hydrogen) atoms. The number of thioether (sulfide) groups is 1. The van der Waals surface area contributed by atoms with Crippen molar-refractivity contribution in [3.8, 4) is 5.75 Å². The Hall–Kier alpha value is -2.87. The van der Waals surface area contributed by atoms with Crippen LogP contribution in [0, 0.1) is 0 Å². The molecular weight excluding hydrogens is 386 g/mol. The fourth-order valence-electron chi connectivity index (χ4n) is 3.53. The molecule has 150 valence electrons. The number of methoxy groups -OCH3 is 1. The van der Waals surface area contributed by atoms with Crippen molar-refractivity contribution in [1.82, 2.24) is 20.2 Å². The predicted octanol–water partition coefficient (Wildman–Crippen LogP) is 4.27. The SMILES string of the molecule is COc1ccc(NC(=O)C(Sc2nnnn2C2CCCC2)c2ccccc2)cc1. The number of carbonyl (C=O) groups is 1. The van der Waals surface area contributed by atoms with E-state index in [1.165, 1.54) is 24.6 Å². The van der Waals surface area contributed by atoms with E-state index in [9.17, 15) is 4.79 Å². The minimum Gasteiger partial charge on any atom is -0.497 e. The minimum absolute atomic E-state index is 0.118. The molecule has 0 aliphatic heterocycles. The molecule has 1 aromatic heterocycles. The summed E-state index contributed by atoms with van der Waals surface area (Å²) in [5.74, 6) is 0.625. The van der Waals surface area contributed by atoms with Crippen molar-refractivity contribution < 1.29 is 9.53 Å². The van der Waals surface area contributed by atoms with Crippen LogP contribution in [-0.2, 0) is 4.79 Å². The van der Waals surface area contributed by atoms with Gasteiger partial charge in [-0.1, -0.05) is 54.9 Å². The number of hydrogen-bond donors (Lipinski definition) is 1. The van der Waals surface area contributed by atoms with Gasteiger partial charge in [-0.2, -0.15) is 0 Å². The Labute approximate surface area is 173 Å². The number of nitrogens with one attached hydrogen (secondary N) is 1. The number of carbonyl (C=O) groups excluding carboxylic acids is 1. The maximum Gasteiger partial charge on any atom is 0.242 e. The lowest BCUT2D eigenvalue weighted by Gasteiger charge is -2.18. The number of tetrazole rings is 1. The molecule has 1 N–H and O–H groups in total. The fraction of sp³-hybridized carbons (Fsp3) is 0.333. The Morgan fingerprint density at radius 2 is 1.86 bits per heavy atom. The average molecular weight is 410 g/mol. The second-order valence-electron chi connectivity index (χ2n) is 6.97. The standard InChI is InChI=1S/C21H23N5O2S/c1-28-18-13-11-16(12-14-18)22-20(27)19(15-7-3-2-4-8-15)29-21-23-24-25-26(21)17-9-5-6-10-17/h2-4,7-8,11-14,17,19H,5-6,9-10H2,1H3,(H,22,27). The van der Waals surface area contributed by atoms with Gasteiger partial charge < -0.3 is 10.1 Å². The summed E-state index contributed by atoms with van der Waals surface area (Å²) in [4.78, 5) is 13.2. The molecule has 0 radical (unpaired) electrons. The zero-order valence-electron chi connectivity index (χ0n) is 16.2. The molecule has 2 aromatic carbocycles. The highest BCUT2D eigenvalue weighted by molar-refractivity contribution is 8.00. The molecule has 1 aliphatic rings. The number of benzene rings is 2. The van der Waals surface area contributed by atoms with Crippen LogP contribution >= 0.6 is 11.8 Å². The van der Waals surface area contributed by atoms with E-state index in [0.29, 0.717) is 16.9 Å². The molecule has 1 saturated carbocycles. The minimum atomic E-state index is -0.468. The highest BCUT2D eigenvalue weighted by atomic mass is 32.2. The van der Waals surface area contributed by atoms with Gasteiger partial charge in [-0.15, -0.1) is 5.10 Å². The van der Waals surface area contributed by atoms with E-state index < -0.39 is 5.25 Å². The van der Waals surface area contributed by atoms with Crippen molar-refractivity contribution in [3.63, 3.8) is 0 Å². The third kappa shape index (κ3) is 4.59. The van der Waals surface area contributed by atoms with Gasteiger partial charge in [0, 0.05) is 5.69 Å². The molecule has 7 nitrogen and oxygen atoms in total. The van der Waals surface area contributed by atoms with Crippen LogP contribution < -0.4 is 10.1 Å². The van der Waals surface area contributed by atoms with Crippen LogP contribution in [-0.4, -0.2) is 33.2 Å². The summed E-state index contributed by atoms with van der Waals surface area (Å²) in [6.07, 6.45) is 4.53. The summed E-state index contributed by atoms with van der Waals surface area (Å²) < 4.78 is 7.06. The smallest absolute Gasteiger partial charge is 0.242 e. The first-order valence-electron chi connectivity index (χ1n) is 9.69. The highest BCUT2D eigenvalue weighted by Crippen LogP contribution is 2.38. The highest BCUT2D eigenvalue weighted by Gasteiger charge is 2.28. The Kier molecular flexibility index (Phi) is 6.09. The van der Waals surface area contributed by atoms with E-state index in [1.54, 1.807) is 7.11 Å². The Balaban J connectivity index is 1.57. The van der Waals surface area contributed by atoms with Gasteiger partial charge in [-0.3, -0.25) is 4.79 Å². The first-order chi connectivity index (χ1) is 14.2. The number of hydrogen-bond acceptors (Lipinski definition) is 6. The number of anilines is 1. The topological polar surface area (TPSA) is 81.9 Å². The normalized spacial score (nSPS) is 15.2. The molecule has 3 aromatic rings. The van der Waals surface area contributed by atoms with Crippen LogP contribution in [0.2, 0.25) is 0 Å². The Morgan fingerprint density at radius 3 is 2.55 bits per heavy atom. The number of aromatic nitrogens is 4. The van der Waals surface area contributed by atoms with Crippen LogP contribution in [0.25, 0.3) is 0 Å². The zero-order chi connectivity index (χ0) is 20.1. The number of ether oxygens (including phenoxy) is 1. The number of rotatable bonds is 7. The molecule has 1 heterocycles. The molecule has 0 spiro atoms. The quantitative estimate of drug-likeness (QED) is 0.587. The van der Waals surface area contributed by atoms with Gasteiger partial charge in [0.15, 0.2) is 0 Å². The summed E-state index contributed by atoms with van der Waals surface area (Å²) in [6.45, 7) is 0. The molecule has 1 atom stereocenters. The van der Waals surface area contributed by atoms with Gasteiger partial charge in [0.2, 0.25) is 11.1 Å². The zero-order valence-corrected chi connectivity index (χ0v) is 17.0. The Bertz CT molecular complexity index is 939. The average Bonchev–Trinajstić information content (AvgIpc) is 3.44. The Morgan fingerprint density at radius 1 is 1.14 bits per heavy atom. The molecule has 1 unspecified atom stereocenters. The van der Waals surface area contributed by atoms with E-state index in [-0.39, 0.29) is 5.91 Å². The summed E-state index contributed by atoms with van der Waals surface area (Å²) in [7, 11) is 1.62. The lowest BCUT2D eigenvalue weighted by Crippen LogP contribution is -2.20. The monoisotopic (exact) mass is 409 g/mol. The van der Waals surface area contributed by atoms with E-state index in [4.69, 9.17) is 4.74 Å². The third-order valence-electron chi connectivity index (χ3n) is 5.05. The first-order valence-corrected chi connectivity index (χ1v) is 10.6. The molecule has 8 heteroatoms. The van der Waals surface area contributed by atoms with Gasteiger partial charge in [-0.25, -0.2) is 4.68 Å². The van der Waals surface area contributed by atoms with Crippen molar-refractivity contribution in [3.05, 3.63) is 60.2 Å². The van der Waals surface area contributed by atoms with Gasteiger partial charge in [0.05, 0.1) is 13.2 Å². The molecule has 4 rings (SSSR count). The van der Waals surface area contributed by atoms with E-state index in [2.05, 4.69) is 20.8 Å². The second-order valence-corrected chi connectivity index (χ2v) is 8.04. The van der Waals surface area contributed by atoms with Crippen molar-refractivity contribution in [1.29, 1.82) is 0 Å². The van der Waals surface area contributed by atoms with Crippen molar-refractivity contribution >= 4 is 23.4 Å². The molecule has 1 amide bonds. The molecule has 1 fully saturated rings.